The molecule has 1 unspecified atom stereocenters. The first-order valence-electron chi connectivity index (χ1n) is 7.53. The minimum Gasteiger partial charge on any atom is -0.458 e. The predicted molar refractivity (Wildman–Crippen MR) is 98.3 cm³/mol. The van der Waals surface area contributed by atoms with E-state index >= 15 is 0 Å². The lowest BCUT2D eigenvalue weighted by molar-refractivity contribution is -0.153. The van der Waals surface area contributed by atoms with Gasteiger partial charge >= 0.3 is 12.1 Å². The van der Waals surface area contributed by atoms with Crippen LogP contribution in [0.15, 0.2) is 54.6 Å². The predicted octanol–water partition coefficient (Wildman–Crippen LogP) is 3.78. The number of halogens is 1. The van der Waals surface area contributed by atoms with Crippen LogP contribution >= 0.6 is 23.4 Å². The maximum absolute atomic E-state index is 12.2. The van der Waals surface area contributed by atoms with Crippen LogP contribution in [-0.2, 0) is 26.6 Å². The average Bonchev–Trinajstić information content (AvgIpc) is 2.61. The van der Waals surface area contributed by atoms with Crippen LogP contribution < -0.4 is 5.73 Å². The maximum Gasteiger partial charge on any atom is 0.405 e. The first-order chi connectivity index (χ1) is 12.0. The highest BCUT2D eigenvalue weighted by atomic mass is 35.5. The standard InChI is InChI=1S/C18H18ClNO4S/c19-15-8-6-13(7-9-15)10-23-17(21)16(24-18(20)22)12-25-11-14-4-2-1-3-5-14/h1-9,16H,10-12H2,(H2,20,22). The molecule has 2 aromatic carbocycles. The first-order valence-corrected chi connectivity index (χ1v) is 9.06. The Morgan fingerprint density at radius 3 is 2.36 bits per heavy atom. The van der Waals surface area contributed by atoms with Crippen molar-refractivity contribution in [3.63, 3.8) is 0 Å². The van der Waals surface area contributed by atoms with Gasteiger partial charge in [-0.2, -0.15) is 11.8 Å². The van der Waals surface area contributed by atoms with Gasteiger partial charge in [0.25, 0.3) is 0 Å². The van der Waals surface area contributed by atoms with E-state index in [1.165, 1.54) is 11.8 Å². The zero-order chi connectivity index (χ0) is 18.1. The molecule has 132 valence electrons. The van der Waals surface area contributed by atoms with Crippen molar-refractivity contribution in [3.05, 3.63) is 70.7 Å². The van der Waals surface area contributed by atoms with Crippen molar-refractivity contribution in [3.8, 4) is 0 Å². The molecule has 0 radical (unpaired) electrons. The Bertz CT molecular complexity index is 694. The molecule has 2 aromatic rings. The van der Waals surface area contributed by atoms with E-state index in [0.29, 0.717) is 10.8 Å². The smallest absolute Gasteiger partial charge is 0.405 e. The number of rotatable bonds is 8. The third kappa shape index (κ3) is 7.07. The Morgan fingerprint density at radius 1 is 1.04 bits per heavy atom. The highest BCUT2D eigenvalue weighted by Crippen LogP contribution is 2.16. The van der Waals surface area contributed by atoms with Crippen LogP contribution in [0.4, 0.5) is 4.79 Å². The molecule has 0 fully saturated rings. The van der Waals surface area contributed by atoms with Gasteiger partial charge in [-0.15, -0.1) is 0 Å². The molecule has 7 heteroatoms. The lowest BCUT2D eigenvalue weighted by atomic mass is 10.2. The fourth-order valence-corrected chi connectivity index (χ4v) is 3.07. The quantitative estimate of drug-likeness (QED) is 0.706. The van der Waals surface area contributed by atoms with Crippen LogP contribution in [0.3, 0.4) is 0 Å². The van der Waals surface area contributed by atoms with E-state index < -0.39 is 18.2 Å². The van der Waals surface area contributed by atoms with Crippen LogP contribution in [0, 0.1) is 0 Å². The van der Waals surface area contributed by atoms with Gasteiger partial charge in [0.1, 0.15) is 6.61 Å². The molecule has 1 atom stereocenters. The number of primary amides is 1. The van der Waals surface area contributed by atoms with Gasteiger partial charge in [0.2, 0.25) is 6.10 Å². The van der Waals surface area contributed by atoms with Gasteiger partial charge in [0, 0.05) is 16.5 Å². The molecule has 2 N–H and O–H groups in total. The number of esters is 1. The third-order valence-electron chi connectivity index (χ3n) is 3.20. The van der Waals surface area contributed by atoms with Gasteiger partial charge in [0.15, 0.2) is 0 Å². The normalized spacial score (nSPS) is 11.6. The van der Waals surface area contributed by atoms with Crippen LogP contribution in [0.5, 0.6) is 0 Å². The largest absolute Gasteiger partial charge is 0.458 e. The zero-order valence-electron chi connectivity index (χ0n) is 13.4. The number of nitrogens with two attached hydrogens (primary N) is 1. The van der Waals surface area contributed by atoms with Crippen LogP contribution in [0.2, 0.25) is 5.02 Å². The lowest BCUT2D eigenvalue weighted by Gasteiger charge is -2.15. The van der Waals surface area contributed by atoms with Gasteiger partial charge in [-0.25, -0.2) is 9.59 Å². The van der Waals surface area contributed by atoms with Crippen molar-refractivity contribution in [1.29, 1.82) is 0 Å². The molecule has 0 saturated heterocycles. The number of thioether (sulfide) groups is 1. The molecule has 0 aliphatic rings. The number of hydrogen-bond donors (Lipinski definition) is 1. The first kappa shape index (κ1) is 19.1. The average molecular weight is 380 g/mol. The summed E-state index contributed by atoms with van der Waals surface area (Å²) in [7, 11) is 0. The molecule has 0 spiro atoms. The van der Waals surface area contributed by atoms with E-state index in [-0.39, 0.29) is 12.4 Å². The molecule has 2 rings (SSSR count). The molecular weight excluding hydrogens is 362 g/mol. The summed E-state index contributed by atoms with van der Waals surface area (Å²) in [6, 6.07) is 16.7. The second kappa shape index (κ2) is 9.96. The fraction of sp³-hybridized carbons (Fsp3) is 0.222. The molecule has 0 heterocycles. The van der Waals surface area contributed by atoms with Crippen molar-refractivity contribution < 1.29 is 19.1 Å². The fourth-order valence-electron chi connectivity index (χ4n) is 1.98. The third-order valence-corrected chi connectivity index (χ3v) is 4.52. The van der Waals surface area contributed by atoms with Gasteiger partial charge in [-0.05, 0) is 23.3 Å². The topological polar surface area (TPSA) is 78.6 Å². The van der Waals surface area contributed by atoms with E-state index in [1.807, 2.05) is 30.3 Å². The second-order valence-electron chi connectivity index (χ2n) is 5.16. The lowest BCUT2D eigenvalue weighted by Crippen LogP contribution is -2.33. The summed E-state index contributed by atoms with van der Waals surface area (Å²) in [6.45, 7) is 0.0674. The minimum absolute atomic E-state index is 0.0674. The number of carbonyl (C=O) groups excluding carboxylic acids is 2. The number of ether oxygens (including phenoxy) is 2. The van der Waals surface area contributed by atoms with Crippen molar-refractivity contribution in [2.45, 2.75) is 18.5 Å². The molecule has 0 aliphatic carbocycles. The molecule has 0 aromatic heterocycles. The Balaban J connectivity index is 1.85. The van der Waals surface area contributed by atoms with Crippen LogP contribution in [-0.4, -0.2) is 23.9 Å². The molecule has 0 bridgehead atoms. The summed E-state index contributed by atoms with van der Waals surface area (Å²) in [5, 5.41) is 0.599. The Labute approximate surface area is 155 Å². The minimum atomic E-state index is -1.04. The summed E-state index contributed by atoms with van der Waals surface area (Å²) >= 11 is 7.27. The molecule has 0 saturated carbocycles. The van der Waals surface area contributed by atoms with Crippen LogP contribution in [0.25, 0.3) is 0 Å². The summed E-state index contributed by atoms with van der Waals surface area (Å²) in [5.41, 5.74) is 6.94. The van der Waals surface area contributed by atoms with Gasteiger partial charge in [0.05, 0.1) is 0 Å². The highest BCUT2D eigenvalue weighted by Gasteiger charge is 2.23. The van der Waals surface area contributed by atoms with E-state index in [2.05, 4.69) is 0 Å². The Hall–Kier alpha value is -2.18. The SMILES string of the molecule is NC(=O)OC(CSCc1ccccc1)C(=O)OCc1ccc(Cl)cc1. The summed E-state index contributed by atoms with van der Waals surface area (Å²) in [6.07, 6.45) is -2.05. The van der Waals surface area contributed by atoms with Gasteiger partial charge in [-0.3, -0.25) is 0 Å². The zero-order valence-corrected chi connectivity index (χ0v) is 15.0. The Kier molecular flexibility index (Phi) is 7.63. The number of amides is 1. The van der Waals surface area contributed by atoms with Crippen LogP contribution in [0.1, 0.15) is 11.1 Å². The van der Waals surface area contributed by atoms with Crippen molar-refractivity contribution in [1.82, 2.24) is 0 Å². The summed E-state index contributed by atoms with van der Waals surface area (Å²) < 4.78 is 10.1. The second-order valence-corrected chi connectivity index (χ2v) is 6.63. The van der Waals surface area contributed by atoms with E-state index in [0.717, 1.165) is 11.1 Å². The maximum atomic E-state index is 12.2. The Morgan fingerprint density at radius 2 is 1.72 bits per heavy atom. The van der Waals surface area contributed by atoms with Crippen molar-refractivity contribution in [2.24, 2.45) is 5.73 Å². The molecule has 25 heavy (non-hydrogen) atoms. The van der Waals surface area contributed by atoms with E-state index in [9.17, 15) is 9.59 Å². The number of carbonyl (C=O) groups is 2. The number of benzene rings is 2. The van der Waals surface area contributed by atoms with Gasteiger partial charge in [-0.1, -0.05) is 54.1 Å². The van der Waals surface area contributed by atoms with Gasteiger partial charge < -0.3 is 15.2 Å². The molecule has 0 aliphatic heterocycles. The summed E-state index contributed by atoms with van der Waals surface area (Å²) in [5.74, 6) is 0.315. The number of hydrogen-bond acceptors (Lipinski definition) is 5. The van der Waals surface area contributed by atoms with Crippen molar-refractivity contribution >= 4 is 35.4 Å². The summed E-state index contributed by atoms with van der Waals surface area (Å²) in [4.78, 5) is 23.2. The van der Waals surface area contributed by atoms with E-state index in [4.69, 9.17) is 26.8 Å². The van der Waals surface area contributed by atoms with Crippen molar-refractivity contribution in [2.75, 3.05) is 5.75 Å². The molecule has 5 nitrogen and oxygen atoms in total. The highest BCUT2D eigenvalue weighted by molar-refractivity contribution is 7.98. The molecular formula is C18H18ClNO4S. The van der Waals surface area contributed by atoms with E-state index in [1.54, 1.807) is 24.3 Å². The molecule has 1 amide bonds. The monoisotopic (exact) mass is 379 g/mol.